The van der Waals surface area contributed by atoms with E-state index in [9.17, 15) is 4.79 Å². The molecular weight excluding hydrogens is 280 g/mol. The molecule has 1 heterocycles. The number of rotatable bonds is 3. The Bertz CT molecular complexity index is 663. The van der Waals surface area contributed by atoms with Gasteiger partial charge in [-0.05, 0) is 55.9 Å². The zero-order valence-electron chi connectivity index (χ0n) is 12.6. The minimum absolute atomic E-state index is 0.0798. The number of hydrogen-bond donors (Lipinski definition) is 0. The van der Waals surface area contributed by atoms with Gasteiger partial charge >= 0.3 is 0 Å². The number of hydrogen-bond acceptors (Lipinski definition) is 3. The first-order valence-corrected chi connectivity index (χ1v) is 8.30. The normalized spacial score (nSPS) is 13.8. The van der Waals surface area contributed by atoms with Crippen molar-refractivity contribution in [3.63, 3.8) is 0 Å². The van der Waals surface area contributed by atoms with Crippen LogP contribution in [0.3, 0.4) is 0 Å². The Morgan fingerprint density at radius 2 is 2.05 bits per heavy atom. The zero-order chi connectivity index (χ0) is 14.8. The summed E-state index contributed by atoms with van der Waals surface area (Å²) in [7, 11) is 1.85. The second-order valence-electron chi connectivity index (χ2n) is 5.73. The number of thiazole rings is 1. The lowest BCUT2D eigenvalue weighted by Crippen LogP contribution is -2.26. The number of carbonyl (C=O) groups is 1. The number of amides is 1. The Hall–Kier alpha value is -1.68. The number of aromatic nitrogens is 1. The molecule has 0 spiro atoms. The maximum Gasteiger partial charge on any atom is 0.253 e. The van der Waals surface area contributed by atoms with Crippen molar-refractivity contribution in [3.8, 4) is 0 Å². The van der Waals surface area contributed by atoms with Gasteiger partial charge in [-0.2, -0.15) is 0 Å². The first-order valence-electron chi connectivity index (χ1n) is 7.42. The molecule has 3 rings (SSSR count). The van der Waals surface area contributed by atoms with Crippen LogP contribution in [0.15, 0.2) is 23.6 Å². The Morgan fingerprint density at radius 1 is 1.29 bits per heavy atom. The van der Waals surface area contributed by atoms with Crippen molar-refractivity contribution in [1.82, 2.24) is 9.88 Å². The van der Waals surface area contributed by atoms with Crippen molar-refractivity contribution in [2.24, 2.45) is 0 Å². The molecule has 1 amide bonds. The van der Waals surface area contributed by atoms with Gasteiger partial charge in [-0.25, -0.2) is 4.98 Å². The van der Waals surface area contributed by atoms with E-state index in [4.69, 9.17) is 0 Å². The van der Waals surface area contributed by atoms with Crippen molar-refractivity contribution in [1.29, 1.82) is 0 Å². The summed E-state index contributed by atoms with van der Waals surface area (Å²) >= 11 is 1.61. The third-order valence-electron chi connectivity index (χ3n) is 3.98. The molecule has 2 aromatic rings. The lowest BCUT2D eigenvalue weighted by Gasteiger charge is -2.19. The Kier molecular flexibility index (Phi) is 4.06. The van der Waals surface area contributed by atoms with E-state index in [1.807, 2.05) is 25.4 Å². The molecule has 0 saturated heterocycles. The van der Waals surface area contributed by atoms with E-state index >= 15 is 0 Å². The average molecular weight is 300 g/mol. The van der Waals surface area contributed by atoms with E-state index < -0.39 is 0 Å². The van der Waals surface area contributed by atoms with Gasteiger partial charge in [0.2, 0.25) is 0 Å². The molecule has 0 atom stereocenters. The highest BCUT2D eigenvalue weighted by Gasteiger charge is 2.16. The van der Waals surface area contributed by atoms with Crippen LogP contribution < -0.4 is 0 Å². The summed E-state index contributed by atoms with van der Waals surface area (Å²) in [5.41, 5.74) is 4.58. The van der Waals surface area contributed by atoms with Crippen LogP contribution in [0.4, 0.5) is 0 Å². The van der Waals surface area contributed by atoms with Crippen LogP contribution in [0.5, 0.6) is 0 Å². The minimum Gasteiger partial charge on any atom is -0.335 e. The summed E-state index contributed by atoms with van der Waals surface area (Å²) in [4.78, 5) is 18.7. The largest absolute Gasteiger partial charge is 0.335 e. The highest BCUT2D eigenvalue weighted by molar-refractivity contribution is 7.09. The molecule has 0 bridgehead atoms. The molecule has 1 aromatic heterocycles. The molecule has 1 aliphatic carbocycles. The SMILES string of the molecule is Cc1csc(CN(C)C(=O)c2ccc3c(c2)CCCC3)n1. The molecule has 0 radical (unpaired) electrons. The molecule has 0 aliphatic heterocycles. The summed E-state index contributed by atoms with van der Waals surface area (Å²) in [6.07, 6.45) is 4.76. The van der Waals surface area contributed by atoms with Crippen LogP contribution in [0, 0.1) is 6.92 Å². The summed E-state index contributed by atoms with van der Waals surface area (Å²) in [5, 5.41) is 3.01. The van der Waals surface area contributed by atoms with Crippen LogP contribution in [-0.4, -0.2) is 22.8 Å². The molecule has 0 fully saturated rings. The Balaban J connectivity index is 1.75. The fourth-order valence-electron chi connectivity index (χ4n) is 2.84. The molecule has 0 unspecified atom stereocenters. The van der Waals surface area contributed by atoms with E-state index in [1.165, 1.54) is 24.0 Å². The number of benzene rings is 1. The van der Waals surface area contributed by atoms with Crippen molar-refractivity contribution in [3.05, 3.63) is 51.0 Å². The van der Waals surface area contributed by atoms with Crippen LogP contribution in [0.1, 0.15) is 45.0 Å². The summed E-state index contributed by atoms with van der Waals surface area (Å²) in [6.45, 7) is 2.56. The predicted octanol–water partition coefficient (Wildman–Crippen LogP) is 3.60. The lowest BCUT2D eigenvalue weighted by molar-refractivity contribution is 0.0785. The van der Waals surface area contributed by atoms with Gasteiger partial charge in [-0.15, -0.1) is 11.3 Å². The molecule has 1 aromatic carbocycles. The summed E-state index contributed by atoms with van der Waals surface area (Å²) in [5.74, 6) is 0.0798. The zero-order valence-corrected chi connectivity index (χ0v) is 13.4. The molecule has 21 heavy (non-hydrogen) atoms. The second-order valence-corrected chi connectivity index (χ2v) is 6.68. The minimum atomic E-state index is 0.0798. The van der Waals surface area contributed by atoms with Crippen LogP contribution >= 0.6 is 11.3 Å². The van der Waals surface area contributed by atoms with Gasteiger partial charge in [-0.1, -0.05) is 6.07 Å². The topological polar surface area (TPSA) is 33.2 Å². The number of carbonyl (C=O) groups excluding carboxylic acids is 1. The molecule has 3 nitrogen and oxygen atoms in total. The van der Waals surface area contributed by atoms with E-state index in [0.717, 1.165) is 29.1 Å². The standard InChI is InChI=1S/C17H20N2OS/c1-12-11-21-16(18-12)10-19(2)17(20)15-8-7-13-5-3-4-6-14(13)9-15/h7-9,11H,3-6,10H2,1-2H3. The molecular formula is C17H20N2OS. The van der Waals surface area contributed by atoms with Crippen molar-refractivity contribution >= 4 is 17.2 Å². The van der Waals surface area contributed by atoms with Gasteiger partial charge in [0.05, 0.1) is 6.54 Å². The number of aryl methyl sites for hydroxylation is 3. The van der Waals surface area contributed by atoms with Crippen molar-refractivity contribution in [2.75, 3.05) is 7.05 Å². The molecule has 0 saturated carbocycles. The molecule has 0 N–H and O–H groups in total. The third-order valence-corrected chi connectivity index (χ3v) is 4.93. The van der Waals surface area contributed by atoms with E-state index in [2.05, 4.69) is 17.1 Å². The van der Waals surface area contributed by atoms with Gasteiger partial charge in [0.25, 0.3) is 5.91 Å². The summed E-state index contributed by atoms with van der Waals surface area (Å²) < 4.78 is 0. The second kappa shape index (κ2) is 5.98. The Labute approximate surface area is 129 Å². The van der Waals surface area contributed by atoms with E-state index in [1.54, 1.807) is 16.2 Å². The average Bonchev–Trinajstić information content (AvgIpc) is 2.91. The van der Waals surface area contributed by atoms with Crippen molar-refractivity contribution < 1.29 is 4.79 Å². The maximum atomic E-state index is 12.5. The lowest BCUT2D eigenvalue weighted by atomic mass is 9.90. The maximum absolute atomic E-state index is 12.5. The van der Waals surface area contributed by atoms with Crippen molar-refractivity contribution in [2.45, 2.75) is 39.2 Å². The quantitative estimate of drug-likeness (QED) is 0.867. The van der Waals surface area contributed by atoms with Gasteiger partial charge < -0.3 is 4.90 Å². The van der Waals surface area contributed by atoms with Gasteiger partial charge in [0.15, 0.2) is 0 Å². The number of fused-ring (bicyclic) bond motifs is 1. The smallest absolute Gasteiger partial charge is 0.253 e. The molecule has 4 heteroatoms. The van der Waals surface area contributed by atoms with Crippen LogP contribution in [0.2, 0.25) is 0 Å². The first-order chi connectivity index (χ1) is 10.1. The molecule has 110 valence electrons. The highest BCUT2D eigenvalue weighted by Crippen LogP contribution is 2.23. The van der Waals surface area contributed by atoms with Gasteiger partial charge in [0.1, 0.15) is 5.01 Å². The first kappa shape index (κ1) is 14.3. The van der Waals surface area contributed by atoms with Gasteiger partial charge in [-0.3, -0.25) is 4.79 Å². The Morgan fingerprint density at radius 3 is 2.76 bits per heavy atom. The van der Waals surface area contributed by atoms with Crippen LogP contribution in [-0.2, 0) is 19.4 Å². The third kappa shape index (κ3) is 3.16. The van der Waals surface area contributed by atoms with Gasteiger partial charge in [0, 0.05) is 23.7 Å². The monoisotopic (exact) mass is 300 g/mol. The molecule has 1 aliphatic rings. The number of nitrogens with zero attached hydrogens (tertiary/aromatic N) is 2. The van der Waals surface area contributed by atoms with E-state index in [-0.39, 0.29) is 5.91 Å². The fraction of sp³-hybridized carbons (Fsp3) is 0.412. The van der Waals surface area contributed by atoms with E-state index in [0.29, 0.717) is 6.54 Å². The summed E-state index contributed by atoms with van der Waals surface area (Å²) in [6, 6.07) is 6.18. The van der Waals surface area contributed by atoms with Crippen LogP contribution in [0.25, 0.3) is 0 Å². The fourth-order valence-corrected chi connectivity index (χ4v) is 3.66. The predicted molar refractivity (Wildman–Crippen MR) is 85.7 cm³/mol. The highest BCUT2D eigenvalue weighted by atomic mass is 32.1.